The van der Waals surface area contributed by atoms with Gasteiger partial charge in [-0.15, -0.1) is 0 Å². The van der Waals surface area contributed by atoms with Crippen molar-refractivity contribution in [1.82, 2.24) is 19.5 Å². The molecular weight excluding hydrogens is 1390 g/mol. The number of carboxylic acids is 3. The number of aromatic nitrogens is 4. The predicted molar refractivity (Wildman–Crippen MR) is 370 cm³/mol. The highest BCUT2D eigenvalue weighted by Crippen LogP contribution is 2.38. The number of aromatic hydroxyl groups is 4. The van der Waals surface area contributed by atoms with E-state index >= 15 is 0 Å². The van der Waals surface area contributed by atoms with E-state index in [2.05, 4.69) is 15.0 Å². The van der Waals surface area contributed by atoms with Crippen LogP contribution in [0, 0.1) is 12.7 Å². The lowest BCUT2D eigenvalue weighted by Crippen LogP contribution is -2.21. The van der Waals surface area contributed by atoms with Gasteiger partial charge in [0.05, 0.1) is 104 Å². The summed E-state index contributed by atoms with van der Waals surface area (Å²) in [4.78, 5) is 87.4. The maximum Gasteiger partial charge on any atom is 0.490 e. The normalized spacial score (nSPS) is 10.8. The van der Waals surface area contributed by atoms with Crippen LogP contribution in [0.15, 0.2) is 183 Å². The Morgan fingerprint density at radius 3 is 1.23 bits per heavy atom. The maximum atomic E-state index is 14.0. The first-order chi connectivity index (χ1) is 49.1. The molecule has 24 nitrogen and oxygen atoms in total. The van der Waals surface area contributed by atoms with Crippen LogP contribution in [0.3, 0.4) is 0 Å². The smallest absolute Gasteiger partial charge is 0.490 e. The van der Waals surface area contributed by atoms with E-state index in [4.69, 9.17) is 53.3 Å². The van der Waals surface area contributed by atoms with Crippen LogP contribution in [0.2, 0.25) is 0 Å². The van der Waals surface area contributed by atoms with Gasteiger partial charge in [-0.2, -0.15) is 26.3 Å². The Hall–Kier alpha value is -13.5. The molecule has 0 aliphatic heterocycles. The van der Waals surface area contributed by atoms with E-state index < -0.39 is 63.9 Å². The van der Waals surface area contributed by atoms with Crippen molar-refractivity contribution < 1.29 is 109 Å². The first-order valence-corrected chi connectivity index (χ1v) is 29.8. The summed E-state index contributed by atoms with van der Waals surface area (Å²) in [6.07, 6.45) is -10.2. The summed E-state index contributed by atoms with van der Waals surface area (Å²) in [5.41, 5.74) is 4.54. The lowest BCUT2D eigenvalue weighted by Gasteiger charge is -2.14. The van der Waals surface area contributed by atoms with Gasteiger partial charge in [0.25, 0.3) is 0 Å². The summed E-state index contributed by atoms with van der Waals surface area (Å²) in [5, 5.41) is 65.6. The first-order valence-electron chi connectivity index (χ1n) is 29.8. The number of pyridine rings is 4. The zero-order valence-corrected chi connectivity index (χ0v) is 55.6. The average Bonchev–Trinajstić information content (AvgIpc) is 0.789. The standard InChI is InChI=1S/C18H17NO4.C17H14FNO4.C17H13NO5.C17H15NO3.2C2HF3O2/c1-10-6-4-5-7-11(10)16-18(21)17(20)12-8-14(22-2)15(23-3)9-13(12)19-16;1-22-13-7-10-12(8-14(13)23-2)19-15(17(21)16(10)20)9-5-3-4-6-11(9)18;1-23-11-5-2-9(3-6-11)14-16(20)15(19)12-7-4-10(17(21)22)8-13(12)18-14;1-18-14-6-4-3-5-13(14)16(19)17(20)15(18)11-7-9-12(21-2)10-8-11;2*3-2(4,5)1(6)7/h4-9,21H,1-3H3,(H,19,20);3-8,21H,1-2H3,(H,19,20);2-8,20H,1H3,(H,18,19)(H,21,22);3-10,20H,1-2H3;2*(H,6,7). The second-order valence-corrected chi connectivity index (χ2v) is 21.6. The Balaban J connectivity index is 0.000000182. The number of aryl methyl sites for hydroxylation is 2. The molecule has 12 aromatic rings. The minimum atomic E-state index is -5.08. The Bertz CT molecular complexity index is 5260. The molecule has 0 fully saturated rings. The molecule has 0 amide bonds. The van der Waals surface area contributed by atoms with Crippen LogP contribution in [-0.4, -0.2) is 128 Å². The number of alkyl halides is 6. The predicted octanol–water partition coefficient (Wildman–Crippen LogP) is 13.1. The van der Waals surface area contributed by atoms with Crippen LogP contribution in [0.5, 0.6) is 57.5 Å². The number of methoxy groups -OCH3 is 6. The Morgan fingerprint density at radius 2 is 0.788 bits per heavy atom. The van der Waals surface area contributed by atoms with Crippen molar-refractivity contribution in [2.45, 2.75) is 19.3 Å². The van der Waals surface area contributed by atoms with Crippen molar-refractivity contribution in [2.24, 2.45) is 7.05 Å². The number of rotatable bonds is 11. The fourth-order valence-electron chi connectivity index (χ4n) is 10.0. The third-order valence-corrected chi connectivity index (χ3v) is 15.3. The number of halogens is 7. The summed E-state index contributed by atoms with van der Waals surface area (Å²) in [6, 6.07) is 45.1. The number of carbonyl (C=O) groups is 3. The summed E-state index contributed by atoms with van der Waals surface area (Å²) < 4.78 is 110. The first kappa shape index (κ1) is 77.9. The molecule has 0 saturated heterocycles. The van der Waals surface area contributed by atoms with Gasteiger partial charge in [-0.3, -0.25) is 19.2 Å². The van der Waals surface area contributed by atoms with Gasteiger partial charge in [-0.1, -0.05) is 48.5 Å². The van der Waals surface area contributed by atoms with E-state index in [9.17, 15) is 75.1 Å². The summed E-state index contributed by atoms with van der Waals surface area (Å²) in [7, 11) is 10.9. The summed E-state index contributed by atoms with van der Waals surface area (Å²) in [5.74, 6) is -5.55. The van der Waals surface area contributed by atoms with Crippen molar-refractivity contribution in [3.8, 4) is 103 Å². The fourth-order valence-corrected chi connectivity index (χ4v) is 10.0. The number of para-hydroxylation sites is 1. The minimum Gasteiger partial charge on any atom is -0.503 e. The largest absolute Gasteiger partial charge is 0.503 e. The molecule has 542 valence electrons. The molecule has 10 N–H and O–H groups in total. The number of aromatic carboxylic acids is 1. The molecule has 0 unspecified atom stereocenters. The molecule has 0 aliphatic rings. The molecule has 0 saturated carbocycles. The lowest BCUT2D eigenvalue weighted by molar-refractivity contribution is -0.193. The number of aliphatic carboxylic acids is 2. The van der Waals surface area contributed by atoms with Gasteiger partial charge >= 0.3 is 30.3 Å². The number of hydrogen-bond donors (Lipinski definition) is 10. The van der Waals surface area contributed by atoms with E-state index in [-0.39, 0.29) is 50.2 Å². The monoisotopic (exact) mass is 1450 g/mol. The molecule has 0 atom stereocenters. The van der Waals surface area contributed by atoms with Crippen LogP contribution in [-0.2, 0) is 16.6 Å². The molecule has 8 aromatic carbocycles. The number of nitrogens with zero attached hydrogens (tertiary/aromatic N) is 1. The lowest BCUT2D eigenvalue weighted by atomic mass is 10.0. The number of nitrogens with one attached hydrogen (secondary N) is 3. The minimum absolute atomic E-state index is 0.0211. The highest BCUT2D eigenvalue weighted by Gasteiger charge is 2.39. The topological polar surface area (TPSA) is 369 Å². The van der Waals surface area contributed by atoms with Gasteiger partial charge in [-0.25, -0.2) is 18.8 Å². The van der Waals surface area contributed by atoms with E-state index in [1.807, 2.05) is 67.1 Å². The van der Waals surface area contributed by atoms with Crippen LogP contribution < -0.4 is 50.1 Å². The number of ether oxygens (including phenoxy) is 6. The van der Waals surface area contributed by atoms with Gasteiger partial charge < -0.3 is 83.7 Å². The molecule has 12 rings (SSSR count). The van der Waals surface area contributed by atoms with Gasteiger partial charge in [0.15, 0.2) is 46.0 Å². The summed E-state index contributed by atoms with van der Waals surface area (Å²) in [6.45, 7) is 1.92. The zero-order valence-electron chi connectivity index (χ0n) is 55.6. The quantitative estimate of drug-likeness (QED) is 0.0538. The number of hydrogen-bond acceptors (Lipinski definition) is 17. The fraction of sp³-hybridized carbons (Fsp3) is 0.137. The number of aromatic amines is 3. The maximum absolute atomic E-state index is 14.0. The second kappa shape index (κ2) is 33.1. The third-order valence-electron chi connectivity index (χ3n) is 15.3. The average molecular weight is 1450 g/mol. The van der Waals surface area contributed by atoms with Gasteiger partial charge in [0.2, 0.25) is 21.7 Å². The molecule has 4 aromatic heterocycles. The Morgan fingerprint density at radius 1 is 0.413 bits per heavy atom. The number of benzene rings is 8. The van der Waals surface area contributed by atoms with Gasteiger partial charge in [0.1, 0.15) is 17.3 Å². The molecule has 0 radical (unpaired) electrons. The van der Waals surface area contributed by atoms with Gasteiger partial charge in [-0.05, 0) is 116 Å². The molecule has 0 spiro atoms. The highest BCUT2D eigenvalue weighted by atomic mass is 19.4. The number of fused-ring (bicyclic) bond motifs is 4. The molecular formula is C73H61F7N4O20. The number of H-pyrrole nitrogens is 3. The molecule has 104 heavy (non-hydrogen) atoms. The molecule has 31 heteroatoms. The van der Waals surface area contributed by atoms with Crippen molar-refractivity contribution in [1.29, 1.82) is 0 Å². The zero-order chi connectivity index (χ0) is 76.8. The highest BCUT2D eigenvalue weighted by molar-refractivity contribution is 5.95. The molecule has 0 bridgehead atoms. The van der Waals surface area contributed by atoms with E-state index in [0.29, 0.717) is 73.0 Å². The van der Waals surface area contributed by atoms with Crippen molar-refractivity contribution in [3.05, 3.63) is 222 Å². The molecule has 0 aliphatic carbocycles. The molecule has 4 heterocycles. The van der Waals surface area contributed by atoms with E-state index in [0.717, 1.165) is 28.0 Å². The van der Waals surface area contributed by atoms with Crippen LogP contribution >= 0.6 is 0 Å². The Labute approximate surface area is 581 Å². The van der Waals surface area contributed by atoms with Crippen molar-refractivity contribution >= 4 is 61.5 Å². The van der Waals surface area contributed by atoms with Crippen LogP contribution in [0.25, 0.3) is 88.6 Å². The summed E-state index contributed by atoms with van der Waals surface area (Å²) >= 11 is 0. The SMILES string of the molecule is COc1cc2[nH]c(-c3ccccc3C)c(O)c(=O)c2cc1OC.COc1cc2[nH]c(-c3ccccc3F)c(O)c(=O)c2cc1OC.COc1ccc(-c2[nH]c3cc(C(=O)O)ccc3c(=O)c2O)cc1.COc1ccc(-c2c(O)c(=O)c3ccccc3n2C)cc1.O=C(O)C(F)(F)F.O=C(O)C(F)(F)F. The van der Waals surface area contributed by atoms with E-state index in [1.54, 1.807) is 79.9 Å². The third kappa shape index (κ3) is 17.6. The second-order valence-electron chi connectivity index (χ2n) is 21.6. The number of carboxylic acid groups (broad SMARTS) is 3. The van der Waals surface area contributed by atoms with E-state index in [1.165, 1.54) is 78.0 Å². The van der Waals surface area contributed by atoms with Crippen molar-refractivity contribution in [2.75, 3.05) is 42.7 Å². The van der Waals surface area contributed by atoms with Gasteiger partial charge in [0, 0.05) is 52.2 Å². The van der Waals surface area contributed by atoms with Crippen LogP contribution in [0.1, 0.15) is 15.9 Å². The van der Waals surface area contributed by atoms with Crippen molar-refractivity contribution in [3.63, 3.8) is 0 Å². The van der Waals surface area contributed by atoms with Crippen LogP contribution in [0.4, 0.5) is 30.7 Å². The Kier molecular flexibility index (Phi) is 24.8.